The van der Waals surface area contributed by atoms with Crippen molar-refractivity contribution in [1.29, 1.82) is 0 Å². The van der Waals surface area contributed by atoms with Crippen molar-refractivity contribution in [1.82, 2.24) is 0 Å². The second-order valence-corrected chi connectivity index (χ2v) is 3.53. The number of carbonyl (C=O) groups is 2. The highest BCUT2D eigenvalue weighted by Crippen LogP contribution is 2.07. The van der Waals surface area contributed by atoms with E-state index in [1.807, 2.05) is 18.2 Å². The number of hydrogen-bond acceptors (Lipinski definition) is 3. The third kappa shape index (κ3) is 3.62. The summed E-state index contributed by atoms with van der Waals surface area (Å²) in [5, 5.41) is 2.51. The van der Waals surface area contributed by atoms with Crippen LogP contribution in [-0.4, -0.2) is 17.3 Å². The van der Waals surface area contributed by atoms with E-state index in [0.717, 1.165) is 11.8 Å². The zero-order chi connectivity index (χ0) is 10.4. The fraction of sp³-hybridized carbons (Fsp3) is 0.200. The van der Waals surface area contributed by atoms with Crippen molar-refractivity contribution in [3.8, 4) is 0 Å². The minimum Gasteiger partial charge on any atom is -0.326 e. The van der Waals surface area contributed by atoms with E-state index in [4.69, 9.17) is 0 Å². The minimum absolute atomic E-state index is 0.0734. The van der Waals surface area contributed by atoms with E-state index in [0.29, 0.717) is 5.69 Å². The molecule has 0 bridgehead atoms. The summed E-state index contributed by atoms with van der Waals surface area (Å²) in [5.74, 6) is -0.268. The Morgan fingerprint density at radius 3 is 2.50 bits per heavy atom. The number of nitrogens with one attached hydrogen (secondary N) is 1. The fourth-order valence-corrected chi connectivity index (χ4v) is 1.21. The molecule has 74 valence electrons. The molecule has 1 aromatic rings. The molecule has 0 aromatic heterocycles. The zero-order valence-electron chi connectivity index (χ0n) is 7.82. The third-order valence-corrected chi connectivity index (χ3v) is 2.19. The predicted molar refractivity (Wildman–Crippen MR) is 58.2 cm³/mol. The molecular weight excluding hydrogens is 198 g/mol. The van der Waals surface area contributed by atoms with Gasteiger partial charge in [-0.15, -0.1) is 0 Å². The summed E-state index contributed by atoms with van der Waals surface area (Å²) in [5.41, 5.74) is 0.714. The van der Waals surface area contributed by atoms with Crippen LogP contribution >= 0.6 is 11.8 Å². The average Bonchev–Trinajstić information content (AvgIpc) is 2.19. The molecule has 0 atom stereocenters. The van der Waals surface area contributed by atoms with Gasteiger partial charge in [-0.3, -0.25) is 9.59 Å². The topological polar surface area (TPSA) is 46.2 Å². The Kier molecular flexibility index (Phi) is 4.19. The van der Waals surface area contributed by atoms with Gasteiger partial charge < -0.3 is 5.32 Å². The van der Waals surface area contributed by atoms with E-state index >= 15 is 0 Å². The molecule has 4 heteroatoms. The van der Waals surface area contributed by atoms with Crippen LogP contribution in [0.5, 0.6) is 0 Å². The van der Waals surface area contributed by atoms with Crippen molar-refractivity contribution >= 4 is 28.5 Å². The van der Waals surface area contributed by atoms with Crippen molar-refractivity contribution in [2.75, 3.05) is 11.6 Å². The van der Waals surface area contributed by atoms with Crippen LogP contribution < -0.4 is 5.32 Å². The summed E-state index contributed by atoms with van der Waals surface area (Å²) in [6, 6.07) is 9.07. The number of amides is 1. The normalized spacial score (nSPS) is 9.50. The van der Waals surface area contributed by atoms with Crippen molar-refractivity contribution in [3.05, 3.63) is 30.3 Å². The summed E-state index contributed by atoms with van der Waals surface area (Å²) in [4.78, 5) is 22.2. The molecule has 0 heterocycles. The first-order chi connectivity index (χ1) is 6.72. The molecule has 1 rings (SSSR count). The molecule has 0 fully saturated rings. The molecule has 0 saturated heterocycles. The summed E-state index contributed by atoms with van der Waals surface area (Å²) >= 11 is 1.06. The Morgan fingerprint density at radius 1 is 1.29 bits per heavy atom. The third-order valence-electron chi connectivity index (χ3n) is 1.59. The van der Waals surface area contributed by atoms with E-state index in [1.165, 1.54) is 0 Å². The molecule has 0 aliphatic heterocycles. The van der Waals surface area contributed by atoms with E-state index in [1.54, 1.807) is 18.4 Å². The molecule has 1 amide bonds. The van der Waals surface area contributed by atoms with E-state index in [2.05, 4.69) is 5.32 Å². The molecule has 0 radical (unpaired) electrons. The van der Waals surface area contributed by atoms with Crippen LogP contribution in [0.1, 0.15) is 6.42 Å². The second kappa shape index (κ2) is 5.44. The number of rotatable bonds is 3. The lowest BCUT2D eigenvalue weighted by Crippen LogP contribution is -2.14. The predicted octanol–water partition coefficient (Wildman–Crippen LogP) is 1.90. The molecule has 0 saturated carbocycles. The highest BCUT2D eigenvalue weighted by atomic mass is 32.2. The summed E-state index contributed by atoms with van der Waals surface area (Å²) in [6.07, 6.45) is 1.59. The first-order valence-electron chi connectivity index (χ1n) is 4.14. The van der Waals surface area contributed by atoms with Crippen molar-refractivity contribution in [3.63, 3.8) is 0 Å². The van der Waals surface area contributed by atoms with Gasteiger partial charge >= 0.3 is 0 Å². The number of para-hydroxylation sites is 1. The van der Waals surface area contributed by atoms with Gasteiger partial charge in [0.05, 0.1) is 6.42 Å². The molecule has 14 heavy (non-hydrogen) atoms. The van der Waals surface area contributed by atoms with Gasteiger partial charge in [0.1, 0.15) is 0 Å². The Balaban J connectivity index is 2.46. The Morgan fingerprint density at radius 2 is 1.93 bits per heavy atom. The monoisotopic (exact) mass is 209 g/mol. The van der Waals surface area contributed by atoms with Gasteiger partial charge in [0.25, 0.3) is 0 Å². The van der Waals surface area contributed by atoms with Crippen LogP contribution in [0.3, 0.4) is 0 Å². The molecule has 3 nitrogen and oxygen atoms in total. The van der Waals surface area contributed by atoms with Gasteiger partial charge in [-0.2, -0.15) is 0 Å². The van der Waals surface area contributed by atoms with Gasteiger partial charge in [0, 0.05) is 5.69 Å². The zero-order valence-corrected chi connectivity index (χ0v) is 8.64. The van der Waals surface area contributed by atoms with Crippen LogP contribution in [0.4, 0.5) is 5.69 Å². The standard InChI is InChI=1S/C10H11NO2S/c1-14-10(13)7-9(12)11-8-5-3-2-4-6-8/h2-6H,7H2,1H3,(H,11,12). The largest absolute Gasteiger partial charge is 0.326 e. The molecule has 0 spiro atoms. The number of anilines is 1. The highest BCUT2D eigenvalue weighted by Gasteiger charge is 2.07. The maximum absolute atomic E-state index is 11.2. The minimum atomic E-state index is -0.268. The van der Waals surface area contributed by atoms with Crippen LogP contribution in [0, 0.1) is 0 Å². The number of benzene rings is 1. The summed E-state index contributed by atoms with van der Waals surface area (Å²) in [7, 11) is 0. The molecule has 0 unspecified atom stereocenters. The van der Waals surface area contributed by atoms with Crippen molar-refractivity contribution in [2.45, 2.75) is 6.42 Å². The quantitative estimate of drug-likeness (QED) is 0.773. The lowest BCUT2D eigenvalue weighted by atomic mass is 10.3. The van der Waals surface area contributed by atoms with Gasteiger partial charge in [-0.1, -0.05) is 30.0 Å². The number of hydrogen-bond donors (Lipinski definition) is 1. The Bertz CT molecular complexity index is 324. The Labute approximate surface area is 86.9 Å². The highest BCUT2D eigenvalue weighted by molar-refractivity contribution is 8.13. The maximum atomic E-state index is 11.2. The van der Waals surface area contributed by atoms with Crippen molar-refractivity contribution < 1.29 is 9.59 Å². The maximum Gasteiger partial charge on any atom is 0.232 e. The molecular formula is C10H11NO2S. The van der Waals surface area contributed by atoms with Gasteiger partial charge in [-0.25, -0.2) is 0 Å². The van der Waals surface area contributed by atoms with Crippen LogP contribution in [-0.2, 0) is 9.59 Å². The lowest BCUT2D eigenvalue weighted by molar-refractivity contribution is -0.121. The smallest absolute Gasteiger partial charge is 0.232 e. The first-order valence-corrected chi connectivity index (χ1v) is 5.36. The fourth-order valence-electron chi connectivity index (χ4n) is 0.930. The van der Waals surface area contributed by atoms with E-state index in [-0.39, 0.29) is 17.4 Å². The summed E-state index contributed by atoms with van der Waals surface area (Å²) in [6.45, 7) is 0. The second-order valence-electron chi connectivity index (χ2n) is 2.67. The van der Waals surface area contributed by atoms with Crippen LogP contribution in [0.2, 0.25) is 0 Å². The van der Waals surface area contributed by atoms with Gasteiger partial charge in [0.2, 0.25) is 5.91 Å². The lowest BCUT2D eigenvalue weighted by Gasteiger charge is -2.02. The van der Waals surface area contributed by atoms with Crippen LogP contribution in [0.15, 0.2) is 30.3 Å². The van der Waals surface area contributed by atoms with Crippen LogP contribution in [0.25, 0.3) is 0 Å². The van der Waals surface area contributed by atoms with Gasteiger partial charge in [0.15, 0.2) is 5.12 Å². The molecule has 1 N–H and O–H groups in total. The molecule has 1 aromatic carbocycles. The van der Waals surface area contributed by atoms with E-state index < -0.39 is 0 Å². The molecule has 0 aliphatic carbocycles. The average molecular weight is 209 g/mol. The number of carbonyl (C=O) groups excluding carboxylic acids is 2. The SMILES string of the molecule is CSC(=O)CC(=O)Nc1ccccc1. The van der Waals surface area contributed by atoms with Crippen molar-refractivity contribution in [2.24, 2.45) is 0 Å². The summed E-state index contributed by atoms with van der Waals surface area (Å²) < 4.78 is 0. The first kappa shape index (κ1) is 10.8. The molecule has 0 aliphatic rings. The van der Waals surface area contributed by atoms with E-state index in [9.17, 15) is 9.59 Å². The van der Waals surface area contributed by atoms with Gasteiger partial charge in [-0.05, 0) is 18.4 Å². The number of thioether (sulfide) groups is 1. The Hall–Kier alpha value is -1.29.